The molecule has 0 fully saturated rings. The van der Waals surface area contributed by atoms with Crippen molar-refractivity contribution in [2.75, 3.05) is 0 Å². The molecule has 0 saturated heterocycles. The maximum Gasteiger partial charge on any atom is 0.312 e. The first kappa shape index (κ1) is 13.4. The largest absolute Gasteiger partial charge is 0.469 e. The van der Waals surface area contributed by atoms with Gasteiger partial charge in [0.15, 0.2) is 0 Å². The van der Waals surface area contributed by atoms with Crippen LogP contribution < -0.4 is 0 Å². The maximum atomic E-state index is 12.1. The molecule has 100 valence electrons. The van der Waals surface area contributed by atoms with Crippen molar-refractivity contribution in [3.05, 3.63) is 60.1 Å². The molecular weight excluding hydrogens is 240 g/mol. The summed E-state index contributed by atoms with van der Waals surface area (Å²) in [4.78, 5) is 12.1. The zero-order valence-corrected chi connectivity index (χ0v) is 11.3. The van der Waals surface area contributed by atoms with Crippen molar-refractivity contribution in [3.63, 3.8) is 0 Å². The van der Waals surface area contributed by atoms with E-state index in [0.717, 1.165) is 11.3 Å². The van der Waals surface area contributed by atoms with Crippen molar-refractivity contribution < 1.29 is 13.9 Å². The van der Waals surface area contributed by atoms with Crippen molar-refractivity contribution >= 4 is 5.97 Å². The zero-order valence-electron chi connectivity index (χ0n) is 11.3. The molecule has 0 saturated carbocycles. The predicted molar refractivity (Wildman–Crippen MR) is 72.4 cm³/mol. The standard InChI is InChI=1S/C16H18O3/c1-16(2,11-14-9-6-10-18-14)15(17)19-12-13-7-4-3-5-8-13/h3-10H,11-12H2,1-2H3. The maximum absolute atomic E-state index is 12.1. The van der Waals surface area contributed by atoms with Gasteiger partial charge in [0.1, 0.15) is 12.4 Å². The fourth-order valence-electron chi connectivity index (χ4n) is 1.84. The molecular formula is C16H18O3. The summed E-state index contributed by atoms with van der Waals surface area (Å²) >= 11 is 0. The lowest BCUT2D eigenvalue weighted by Gasteiger charge is -2.21. The second-order valence-electron chi connectivity index (χ2n) is 5.20. The molecule has 1 aromatic heterocycles. The van der Waals surface area contributed by atoms with Crippen molar-refractivity contribution in [1.29, 1.82) is 0 Å². The van der Waals surface area contributed by atoms with Gasteiger partial charge < -0.3 is 9.15 Å². The summed E-state index contributed by atoms with van der Waals surface area (Å²) in [5.74, 6) is 0.578. The SMILES string of the molecule is CC(C)(Cc1ccco1)C(=O)OCc1ccccc1. The molecule has 2 aromatic rings. The minimum Gasteiger partial charge on any atom is -0.469 e. The van der Waals surface area contributed by atoms with E-state index in [1.54, 1.807) is 6.26 Å². The second kappa shape index (κ2) is 5.74. The minimum atomic E-state index is -0.591. The first-order valence-electron chi connectivity index (χ1n) is 6.31. The van der Waals surface area contributed by atoms with Crippen LogP contribution in [-0.2, 0) is 22.6 Å². The summed E-state index contributed by atoms with van der Waals surface area (Å²) in [6.45, 7) is 4.03. The van der Waals surface area contributed by atoms with Crippen LogP contribution in [-0.4, -0.2) is 5.97 Å². The first-order valence-corrected chi connectivity index (χ1v) is 6.31. The van der Waals surface area contributed by atoms with Crippen LogP contribution in [0.25, 0.3) is 0 Å². The number of hydrogen-bond donors (Lipinski definition) is 0. The third-order valence-electron chi connectivity index (χ3n) is 2.96. The van der Waals surface area contributed by atoms with Crippen LogP contribution in [0.5, 0.6) is 0 Å². The van der Waals surface area contributed by atoms with Gasteiger partial charge in [-0.15, -0.1) is 0 Å². The highest BCUT2D eigenvalue weighted by Crippen LogP contribution is 2.24. The van der Waals surface area contributed by atoms with Crippen LogP contribution in [0.15, 0.2) is 53.1 Å². The number of benzene rings is 1. The van der Waals surface area contributed by atoms with E-state index in [1.807, 2.05) is 56.3 Å². The molecule has 0 aliphatic rings. The molecule has 19 heavy (non-hydrogen) atoms. The molecule has 0 aliphatic heterocycles. The van der Waals surface area contributed by atoms with Gasteiger partial charge >= 0.3 is 5.97 Å². The van der Waals surface area contributed by atoms with E-state index in [2.05, 4.69) is 0 Å². The Bertz CT molecular complexity index is 512. The summed E-state index contributed by atoms with van der Waals surface area (Å²) in [5.41, 5.74) is 0.400. The van der Waals surface area contributed by atoms with Gasteiger partial charge in [0, 0.05) is 6.42 Å². The number of rotatable bonds is 5. The van der Waals surface area contributed by atoms with E-state index >= 15 is 0 Å². The average molecular weight is 258 g/mol. The van der Waals surface area contributed by atoms with Crippen LogP contribution in [0.1, 0.15) is 25.2 Å². The molecule has 0 spiro atoms. The van der Waals surface area contributed by atoms with E-state index in [-0.39, 0.29) is 5.97 Å². The lowest BCUT2D eigenvalue weighted by atomic mass is 9.88. The monoisotopic (exact) mass is 258 g/mol. The molecule has 0 N–H and O–H groups in total. The molecule has 0 aliphatic carbocycles. The van der Waals surface area contributed by atoms with E-state index < -0.39 is 5.41 Å². The Labute approximate surface area is 113 Å². The molecule has 0 bridgehead atoms. The quantitative estimate of drug-likeness (QED) is 0.769. The number of hydrogen-bond acceptors (Lipinski definition) is 3. The molecule has 0 atom stereocenters. The lowest BCUT2D eigenvalue weighted by Crippen LogP contribution is -2.28. The summed E-state index contributed by atoms with van der Waals surface area (Å²) in [7, 11) is 0. The van der Waals surface area contributed by atoms with Gasteiger partial charge in [0.2, 0.25) is 0 Å². The zero-order chi connectivity index (χ0) is 13.7. The Morgan fingerprint density at radius 2 is 1.89 bits per heavy atom. The van der Waals surface area contributed by atoms with E-state index in [0.29, 0.717) is 13.0 Å². The Hall–Kier alpha value is -2.03. The fraction of sp³-hybridized carbons (Fsp3) is 0.312. The highest BCUT2D eigenvalue weighted by molar-refractivity contribution is 5.76. The van der Waals surface area contributed by atoms with Crippen LogP contribution in [0.3, 0.4) is 0 Å². The number of carbonyl (C=O) groups is 1. The summed E-state index contributed by atoms with van der Waals surface area (Å²) in [6.07, 6.45) is 2.15. The Morgan fingerprint density at radius 3 is 2.53 bits per heavy atom. The number of furan rings is 1. The second-order valence-corrected chi connectivity index (χ2v) is 5.20. The molecule has 1 aromatic carbocycles. The molecule has 0 unspecified atom stereocenters. The van der Waals surface area contributed by atoms with E-state index in [4.69, 9.17) is 9.15 Å². The minimum absolute atomic E-state index is 0.215. The van der Waals surface area contributed by atoms with Crippen molar-refractivity contribution in [1.82, 2.24) is 0 Å². The Balaban J connectivity index is 1.91. The third kappa shape index (κ3) is 3.71. The fourth-order valence-corrected chi connectivity index (χ4v) is 1.84. The summed E-state index contributed by atoms with van der Waals surface area (Å²) < 4.78 is 10.6. The lowest BCUT2D eigenvalue weighted by molar-refractivity contribution is -0.155. The molecule has 0 amide bonds. The Morgan fingerprint density at radius 1 is 1.16 bits per heavy atom. The number of carbonyl (C=O) groups excluding carboxylic acids is 1. The normalized spacial score (nSPS) is 11.3. The van der Waals surface area contributed by atoms with Crippen LogP contribution in [0.2, 0.25) is 0 Å². The van der Waals surface area contributed by atoms with Crippen LogP contribution in [0, 0.1) is 5.41 Å². The summed E-state index contributed by atoms with van der Waals surface area (Å²) in [5, 5.41) is 0. The van der Waals surface area contributed by atoms with E-state index in [9.17, 15) is 4.79 Å². The predicted octanol–water partition coefficient (Wildman–Crippen LogP) is 3.59. The van der Waals surface area contributed by atoms with Gasteiger partial charge in [-0.3, -0.25) is 4.79 Å². The smallest absolute Gasteiger partial charge is 0.312 e. The highest BCUT2D eigenvalue weighted by atomic mass is 16.5. The number of esters is 1. The van der Waals surface area contributed by atoms with E-state index in [1.165, 1.54) is 0 Å². The van der Waals surface area contributed by atoms with Crippen molar-refractivity contribution in [2.24, 2.45) is 5.41 Å². The summed E-state index contributed by atoms with van der Waals surface area (Å²) in [6, 6.07) is 13.4. The van der Waals surface area contributed by atoms with Crippen molar-refractivity contribution in [2.45, 2.75) is 26.9 Å². The van der Waals surface area contributed by atoms with Gasteiger partial charge in [-0.1, -0.05) is 30.3 Å². The van der Waals surface area contributed by atoms with Crippen LogP contribution in [0.4, 0.5) is 0 Å². The Kier molecular flexibility index (Phi) is 4.05. The molecule has 2 rings (SSSR count). The van der Waals surface area contributed by atoms with Gasteiger partial charge in [0.25, 0.3) is 0 Å². The van der Waals surface area contributed by atoms with Gasteiger partial charge in [-0.05, 0) is 31.5 Å². The molecule has 1 heterocycles. The first-order chi connectivity index (χ1) is 9.08. The highest BCUT2D eigenvalue weighted by Gasteiger charge is 2.30. The third-order valence-corrected chi connectivity index (χ3v) is 2.96. The molecule has 0 radical (unpaired) electrons. The molecule has 3 heteroatoms. The van der Waals surface area contributed by atoms with Gasteiger partial charge in [0.05, 0.1) is 11.7 Å². The average Bonchev–Trinajstić information content (AvgIpc) is 2.89. The van der Waals surface area contributed by atoms with Gasteiger partial charge in [-0.2, -0.15) is 0 Å². The van der Waals surface area contributed by atoms with Crippen molar-refractivity contribution in [3.8, 4) is 0 Å². The van der Waals surface area contributed by atoms with Crippen LogP contribution >= 0.6 is 0 Å². The molecule has 3 nitrogen and oxygen atoms in total. The number of ether oxygens (including phenoxy) is 1. The topological polar surface area (TPSA) is 39.4 Å². The van der Waals surface area contributed by atoms with Gasteiger partial charge in [-0.25, -0.2) is 0 Å².